The van der Waals surface area contributed by atoms with Crippen LogP contribution in [-0.4, -0.2) is 39.8 Å². The van der Waals surface area contributed by atoms with E-state index in [1.807, 2.05) is 30.3 Å². The average Bonchev–Trinajstić information content (AvgIpc) is 3.26. The van der Waals surface area contributed by atoms with Gasteiger partial charge in [0.25, 0.3) is 11.5 Å². The number of amides is 1. The first-order valence-electron chi connectivity index (χ1n) is 11.4. The lowest BCUT2D eigenvalue weighted by Gasteiger charge is -2.21. The third kappa shape index (κ3) is 5.00. The molecular weight excluding hydrogens is 464 g/mol. The molecule has 0 aliphatic carbocycles. The molecule has 0 atom stereocenters. The number of hydrogen-bond donors (Lipinski definition) is 0. The van der Waals surface area contributed by atoms with Gasteiger partial charge < -0.3 is 4.74 Å². The fourth-order valence-electron chi connectivity index (χ4n) is 3.79. The summed E-state index contributed by atoms with van der Waals surface area (Å²) in [6.07, 6.45) is 0.575. The maximum absolute atomic E-state index is 14.0. The number of aryl methyl sites for hydroxylation is 2. The first-order valence-corrected chi connectivity index (χ1v) is 12.3. The molecule has 4 rings (SSSR count). The molecule has 9 heteroatoms. The van der Waals surface area contributed by atoms with Gasteiger partial charge in [-0.05, 0) is 38.8 Å². The van der Waals surface area contributed by atoms with E-state index in [2.05, 4.69) is 10.1 Å². The number of nitrogens with zero attached hydrogens (tertiary/aromatic N) is 4. The van der Waals surface area contributed by atoms with Gasteiger partial charge in [-0.2, -0.15) is 5.10 Å². The van der Waals surface area contributed by atoms with E-state index in [9.17, 15) is 14.4 Å². The molecule has 8 nitrogen and oxygen atoms in total. The predicted molar refractivity (Wildman–Crippen MR) is 136 cm³/mol. The second-order valence-electron chi connectivity index (χ2n) is 7.83. The summed E-state index contributed by atoms with van der Waals surface area (Å²) in [5.74, 6) is -0.908. The van der Waals surface area contributed by atoms with E-state index in [-0.39, 0.29) is 29.5 Å². The fraction of sp³-hybridized carbons (Fsp3) is 0.269. The second-order valence-corrected chi connectivity index (χ2v) is 9.01. The summed E-state index contributed by atoms with van der Waals surface area (Å²) in [6, 6.07) is 16.8. The molecule has 4 aromatic rings. The van der Waals surface area contributed by atoms with Crippen molar-refractivity contribution in [3.05, 3.63) is 86.8 Å². The molecule has 0 bridgehead atoms. The summed E-state index contributed by atoms with van der Waals surface area (Å²) in [5.41, 5.74) is 1.17. The first-order chi connectivity index (χ1) is 16.9. The molecule has 0 aliphatic heterocycles. The molecule has 0 unspecified atom stereocenters. The number of carbonyl (C=O) groups excluding carboxylic acids is 2. The van der Waals surface area contributed by atoms with Crippen LogP contribution in [0.5, 0.6) is 0 Å². The fourth-order valence-corrected chi connectivity index (χ4v) is 4.71. The normalized spacial score (nSPS) is 10.9. The average molecular weight is 491 g/mol. The minimum atomic E-state index is -0.522. The molecule has 0 radical (unpaired) electrons. The highest BCUT2D eigenvalue weighted by Gasteiger charge is 2.27. The van der Waals surface area contributed by atoms with E-state index in [0.29, 0.717) is 40.3 Å². The van der Waals surface area contributed by atoms with Gasteiger partial charge in [0.15, 0.2) is 16.5 Å². The quantitative estimate of drug-likeness (QED) is 0.343. The maximum atomic E-state index is 14.0. The van der Waals surface area contributed by atoms with Crippen molar-refractivity contribution < 1.29 is 14.3 Å². The molecule has 0 aliphatic rings. The highest BCUT2D eigenvalue weighted by Crippen LogP contribution is 2.28. The van der Waals surface area contributed by atoms with Crippen molar-refractivity contribution in [1.82, 2.24) is 14.8 Å². The number of hydrogen-bond acceptors (Lipinski definition) is 7. The van der Waals surface area contributed by atoms with Crippen LogP contribution in [0.25, 0.3) is 10.8 Å². The Morgan fingerprint density at radius 3 is 2.37 bits per heavy atom. The summed E-state index contributed by atoms with van der Waals surface area (Å²) < 4.78 is 6.42. The van der Waals surface area contributed by atoms with Crippen LogP contribution in [0.15, 0.2) is 59.4 Å². The molecule has 0 spiro atoms. The van der Waals surface area contributed by atoms with Crippen molar-refractivity contribution in [3.63, 3.8) is 0 Å². The van der Waals surface area contributed by atoms with E-state index in [1.165, 1.54) is 20.9 Å². The molecule has 0 fully saturated rings. The number of fused-ring (bicyclic) bond motifs is 1. The van der Waals surface area contributed by atoms with Gasteiger partial charge in [-0.25, -0.2) is 14.5 Å². The Morgan fingerprint density at radius 2 is 1.69 bits per heavy atom. The van der Waals surface area contributed by atoms with Crippen LogP contribution in [0.2, 0.25) is 0 Å². The summed E-state index contributed by atoms with van der Waals surface area (Å²) in [6.45, 7) is 6.20. The second kappa shape index (κ2) is 10.6. The minimum absolute atomic E-state index is 0.167. The van der Waals surface area contributed by atoms with Crippen molar-refractivity contribution in [2.75, 3.05) is 18.1 Å². The van der Waals surface area contributed by atoms with Crippen molar-refractivity contribution in [2.24, 2.45) is 0 Å². The Kier molecular flexibility index (Phi) is 7.36. The highest BCUT2D eigenvalue weighted by molar-refractivity contribution is 7.16. The highest BCUT2D eigenvalue weighted by atomic mass is 32.1. The van der Waals surface area contributed by atoms with Crippen molar-refractivity contribution >= 4 is 39.1 Å². The first kappa shape index (κ1) is 24.3. The lowest BCUT2D eigenvalue weighted by Crippen LogP contribution is -2.36. The third-order valence-corrected chi connectivity index (χ3v) is 6.56. The predicted octanol–water partition coefficient (Wildman–Crippen LogP) is 4.25. The maximum Gasteiger partial charge on any atom is 0.358 e. The number of carbonyl (C=O) groups is 2. The topological polar surface area (TPSA) is 94.4 Å². The number of benzene rings is 2. The van der Waals surface area contributed by atoms with Gasteiger partial charge in [0.2, 0.25) is 0 Å². The molecule has 0 N–H and O–H groups in total. The SMILES string of the molecule is CCOC(=O)c1nc(N(CCc2ccccc2)C(=O)c2nn(CC)c(=O)c3ccccc23)sc1C. The van der Waals surface area contributed by atoms with Gasteiger partial charge in [-0.1, -0.05) is 48.5 Å². The Bertz CT molecular complexity index is 1430. The number of thiazole rings is 1. The number of rotatable bonds is 8. The van der Waals surface area contributed by atoms with E-state index >= 15 is 0 Å². The largest absolute Gasteiger partial charge is 0.461 e. The molecule has 1 amide bonds. The van der Waals surface area contributed by atoms with Crippen molar-refractivity contribution in [3.8, 4) is 0 Å². The van der Waals surface area contributed by atoms with E-state index < -0.39 is 5.97 Å². The molecule has 2 heterocycles. The lowest BCUT2D eigenvalue weighted by atomic mass is 10.1. The molecule has 2 aromatic carbocycles. The number of esters is 1. The van der Waals surface area contributed by atoms with Crippen molar-refractivity contribution in [2.45, 2.75) is 33.7 Å². The van der Waals surface area contributed by atoms with Crippen LogP contribution in [0.1, 0.15) is 45.3 Å². The van der Waals surface area contributed by atoms with Gasteiger partial charge in [0.05, 0.1) is 12.0 Å². The van der Waals surface area contributed by atoms with Crippen LogP contribution in [-0.2, 0) is 17.7 Å². The van der Waals surface area contributed by atoms with Gasteiger partial charge in [-0.3, -0.25) is 14.5 Å². The Hall–Kier alpha value is -3.85. The van der Waals surface area contributed by atoms with Gasteiger partial charge >= 0.3 is 5.97 Å². The van der Waals surface area contributed by atoms with Gasteiger partial charge in [0, 0.05) is 23.4 Å². The molecule has 35 heavy (non-hydrogen) atoms. The number of ether oxygens (including phenoxy) is 1. The molecule has 0 saturated heterocycles. The monoisotopic (exact) mass is 490 g/mol. The number of aromatic nitrogens is 3. The minimum Gasteiger partial charge on any atom is -0.461 e. The van der Waals surface area contributed by atoms with E-state index in [4.69, 9.17) is 4.74 Å². The van der Waals surface area contributed by atoms with Crippen LogP contribution in [0.3, 0.4) is 0 Å². The van der Waals surface area contributed by atoms with Crippen LogP contribution >= 0.6 is 11.3 Å². The Labute approximate surface area is 206 Å². The van der Waals surface area contributed by atoms with E-state index in [0.717, 1.165) is 5.56 Å². The lowest BCUT2D eigenvalue weighted by molar-refractivity contribution is 0.0519. The summed E-state index contributed by atoms with van der Waals surface area (Å²) in [4.78, 5) is 45.8. The summed E-state index contributed by atoms with van der Waals surface area (Å²) in [5, 5.41) is 5.70. The summed E-state index contributed by atoms with van der Waals surface area (Å²) >= 11 is 1.25. The summed E-state index contributed by atoms with van der Waals surface area (Å²) in [7, 11) is 0. The Morgan fingerprint density at radius 1 is 1.00 bits per heavy atom. The number of anilines is 1. The zero-order valence-electron chi connectivity index (χ0n) is 19.9. The molecular formula is C26H26N4O4S. The third-order valence-electron chi connectivity index (χ3n) is 5.57. The van der Waals surface area contributed by atoms with Crippen molar-refractivity contribution in [1.29, 1.82) is 0 Å². The molecule has 180 valence electrons. The van der Waals surface area contributed by atoms with Crippen LogP contribution < -0.4 is 10.5 Å². The molecule has 0 saturated carbocycles. The van der Waals surface area contributed by atoms with Crippen LogP contribution in [0, 0.1) is 6.92 Å². The van der Waals surface area contributed by atoms with Crippen LogP contribution in [0.4, 0.5) is 5.13 Å². The zero-order valence-corrected chi connectivity index (χ0v) is 20.7. The van der Waals surface area contributed by atoms with E-state index in [1.54, 1.807) is 45.0 Å². The standard InChI is InChI=1S/C26H26N4O4S/c1-4-30-23(31)20-14-10-9-13-19(20)22(28-30)24(32)29(16-15-18-11-7-6-8-12-18)26-27-21(17(3)35-26)25(33)34-5-2/h6-14H,4-5,15-16H2,1-3H3. The smallest absolute Gasteiger partial charge is 0.358 e. The zero-order chi connectivity index (χ0) is 24.9. The molecule has 2 aromatic heterocycles. The van der Waals surface area contributed by atoms with Gasteiger partial charge in [0.1, 0.15) is 0 Å². The Balaban J connectivity index is 1.81. The van der Waals surface area contributed by atoms with Gasteiger partial charge in [-0.15, -0.1) is 11.3 Å².